The second-order valence-electron chi connectivity index (χ2n) is 4.72. The maximum Gasteiger partial charge on any atom is 0.119 e. The summed E-state index contributed by atoms with van der Waals surface area (Å²) in [6.07, 6.45) is -0.579. The molecule has 108 valence electrons. The molecule has 0 spiro atoms. The summed E-state index contributed by atoms with van der Waals surface area (Å²) in [7, 11) is 0. The van der Waals surface area contributed by atoms with Gasteiger partial charge >= 0.3 is 0 Å². The maximum atomic E-state index is 9.85. The van der Waals surface area contributed by atoms with Crippen molar-refractivity contribution in [1.29, 1.82) is 5.26 Å². The smallest absolute Gasteiger partial charge is 0.119 e. The van der Waals surface area contributed by atoms with Crippen LogP contribution < -0.4 is 10.1 Å². The van der Waals surface area contributed by atoms with Gasteiger partial charge in [-0.2, -0.15) is 5.26 Å². The van der Waals surface area contributed by atoms with E-state index in [4.69, 9.17) is 10.00 Å². The monoisotopic (exact) mass is 282 g/mol. The van der Waals surface area contributed by atoms with E-state index in [2.05, 4.69) is 5.32 Å². The number of hydrogen-bond acceptors (Lipinski definition) is 4. The Morgan fingerprint density at radius 2 is 1.81 bits per heavy atom. The van der Waals surface area contributed by atoms with Crippen LogP contribution >= 0.6 is 0 Å². The zero-order chi connectivity index (χ0) is 14.9. The van der Waals surface area contributed by atoms with Gasteiger partial charge in [-0.1, -0.05) is 30.3 Å². The van der Waals surface area contributed by atoms with Gasteiger partial charge in [-0.15, -0.1) is 0 Å². The normalized spacial score (nSPS) is 11.6. The van der Waals surface area contributed by atoms with E-state index in [0.29, 0.717) is 17.9 Å². The number of nitrogens with one attached hydrogen (secondary N) is 1. The van der Waals surface area contributed by atoms with Crippen LogP contribution in [0.5, 0.6) is 5.75 Å². The van der Waals surface area contributed by atoms with Crippen molar-refractivity contribution in [3.05, 3.63) is 65.7 Å². The van der Waals surface area contributed by atoms with Crippen molar-refractivity contribution in [3.63, 3.8) is 0 Å². The summed E-state index contributed by atoms with van der Waals surface area (Å²) >= 11 is 0. The number of ether oxygens (including phenoxy) is 1. The van der Waals surface area contributed by atoms with E-state index in [-0.39, 0.29) is 6.61 Å². The largest absolute Gasteiger partial charge is 0.491 e. The third-order valence-corrected chi connectivity index (χ3v) is 2.98. The minimum atomic E-state index is -0.579. The van der Waals surface area contributed by atoms with E-state index in [9.17, 15) is 5.11 Å². The molecule has 1 atom stereocenters. The summed E-state index contributed by atoms with van der Waals surface area (Å²) in [5.74, 6) is 0.649. The first kappa shape index (κ1) is 15.0. The molecule has 4 heteroatoms. The first-order chi connectivity index (χ1) is 10.3. The Balaban J connectivity index is 1.67. The molecule has 1 unspecified atom stereocenters. The van der Waals surface area contributed by atoms with Crippen LogP contribution in [-0.2, 0) is 6.54 Å². The Morgan fingerprint density at radius 1 is 1.10 bits per heavy atom. The van der Waals surface area contributed by atoms with Gasteiger partial charge in [0.25, 0.3) is 0 Å². The molecular formula is C17H18N2O2. The van der Waals surface area contributed by atoms with Crippen LogP contribution in [0.3, 0.4) is 0 Å². The lowest BCUT2D eigenvalue weighted by molar-refractivity contribution is 0.106. The van der Waals surface area contributed by atoms with Crippen LogP contribution in [-0.4, -0.2) is 24.4 Å². The average Bonchev–Trinajstić information content (AvgIpc) is 2.54. The van der Waals surface area contributed by atoms with Crippen LogP contribution in [0, 0.1) is 11.3 Å². The summed E-state index contributed by atoms with van der Waals surface area (Å²) in [6.45, 7) is 1.40. The Kier molecular flexibility index (Phi) is 5.77. The fourth-order valence-electron chi connectivity index (χ4n) is 1.86. The number of nitriles is 1. The quantitative estimate of drug-likeness (QED) is 0.816. The van der Waals surface area contributed by atoms with Gasteiger partial charge in [0.15, 0.2) is 0 Å². The molecule has 0 radical (unpaired) electrons. The molecule has 2 rings (SSSR count). The number of rotatable bonds is 7. The summed E-state index contributed by atoms with van der Waals surface area (Å²) in [5.41, 5.74) is 1.77. The van der Waals surface area contributed by atoms with Crippen LogP contribution in [0.4, 0.5) is 0 Å². The van der Waals surface area contributed by atoms with Gasteiger partial charge in [-0.25, -0.2) is 0 Å². The number of aliphatic hydroxyl groups excluding tert-OH is 1. The van der Waals surface area contributed by atoms with Crippen LogP contribution in [0.1, 0.15) is 11.1 Å². The molecule has 0 aliphatic carbocycles. The third-order valence-electron chi connectivity index (χ3n) is 2.98. The topological polar surface area (TPSA) is 65.3 Å². The van der Waals surface area contributed by atoms with Gasteiger partial charge in [-0.05, 0) is 29.8 Å². The van der Waals surface area contributed by atoms with E-state index in [1.54, 1.807) is 24.3 Å². The summed E-state index contributed by atoms with van der Waals surface area (Å²) in [4.78, 5) is 0. The molecule has 0 aliphatic heterocycles. The van der Waals surface area contributed by atoms with Gasteiger partial charge in [0, 0.05) is 13.1 Å². The molecule has 2 N–H and O–H groups in total. The molecule has 2 aromatic carbocycles. The Labute approximate surface area is 124 Å². The van der Waals surface area contributed by atoms with E-state index in [1.807, 2.05) is 36.4 Å². The second kappa shape index (κ2) is 8.05. The molecule has 0 aromatic heterocycles. The predicted molar refractivity (Wildman–Crippen MR) is 80.8 cm³/mol. The minimum Gasteiger partial charge on any atom is -0.491 e. The number of benzene rings is 2. The lowest BCUT2D eigenvalue weighted by Crippen LogP contribution is -2.31. The molecule has 0 heterocycles. The molecule has 0 saturated carbocycles. The van der Waals surface area contributed by atoms with Gasteiger partial charge < -0.3 is 15.2 Å². The molecule has 0 amide bonds. The standard InChI is InChI=1S/C17H18N2O2/c18-10-14-6-8-17(9-7-14)21-13-16(20)12-19-11-15-4-2-1-3-5-15/h1-9,16,19-20H,11-13H2. The Hall–Kier alpha value is -2.35. The predicted octanol–water partition coefficient (Wildman–Crippen LogP) is 2.09. The van der Waals surface area contributed by atoms with Crippen molar-refractivity contribution < 1.29 is 9.84 Å². The summed E-state index contributed by atoms with van der Waals surface area (Å²) in [5, 5.41) is 21.7. The van der Waals surface area contributed by atoms with E-state index in [1.165, 1.54) is 5.56 Å². The van der Waals surface area contributed by atoms with Gasteiger partial charge in [0.05, 0.1) is 11.6 Å². The van der Waals surface area contributed by atoms with Gasteiger partial charge in [0.1, 0.15) is 18.5 Å². The first-order valence-electron chi connectivity index (χ1n) is 6.83. The van der Waals surface area contributed by atoms with Gasteiger partial charge in [0.2, 0.25) is 0 Å². The van der Waals surface area contributed by atoms with Crippen molar-refractivity contribution >= 4 is 0 Å². The molecular weight excluding hydrogens is 264 g/mol. The van der Waals surface area contributed by atoms with Crippen LogP contribution in [0.25, 0.3) is 0 Å². The Morgan fingerprint density at radius 3 is 2.48 bits per heavy atom. The van der Waals surface area contributed by atoms with Crippen molar-refractivity contribution in [2.45, 2.75) is 12.6 Å². The SMILES string of the molecule is N#Cc1ccc(OCC(O)CNCc2ccccc2)cc1. The highest BCUT2D eigenvalue weighted by Gasteiger charge is 2.05. The van der Waals surface area contributed by atoms with Crippen LogP contribution in [0.15, 0.2) is 54.6 Å². The molecule has 0 saturated heterocycles. The zero-order valence-corrected chi connectivity index (χ0v) is 11.7. The number of aliphatic hydroxyl groups is 1. The fraction of sp³-hybridized carbons (Fsp3) is 0.235. The summed E-state index contributed by atoms with van der Waals surface area (Å²) in [6, 6.07) is 18.9. The molecule has 0 fully saturated rings. The second-order valence-corrected chi connectivity index (χ2v) is 4.72. The van der Waals surface area contributed by atoms with Gasteiger partial charge in [-0.3, -0.25) is 0 Å². The molecule has 2 aromatic rings. The molecule has 4 nitrogen and oxygen atoms in total. The van der Waals surface area contributed by atoms with Crippen molar-refractivity contribution in [3.8, 4) is 11.8 Å². The van der Waals surface area contributed by atoms with Crippen molar-refractivity contribution in [2.75, 3.05) is 13.2 Å². The molecule has 21 heavy (non-hydrogen) atoms. The highest BCUT2D eigenvalue weighted by Crippen LogP contribution is 2.11. The first-order valence-corrected chi connectivity index (χ1v) is 6.83. The lowest BCUT2D eigenvalue weighted by atomic mass is 10.2. The maximum absolute atomic E-state index is 9.85. The molecule has 0 aliphatic rings. The highest BCUT2D eigenvalue weighted by atomic mass is 16.5. The van der Waals surface area contributed by atoms with Crippen molar-refractivity contribution in [2.24, 2.45) is 0 Å². The number of hydrogen-bond donors (Lipinski definition) is 2. The van der Waals surface area contributed by atoms with Crippen LogP contribution in [0.2, 0.25) is 0 Å². The highest BCUT2D eigenvalue weighted by molar-refractivity contribution is 5.34. The Bertz CT molecular complexity index is 576. The minimum absolute atomic E-state index is 0.216. The third kappa shape index (κ3) is 5.27. The number of nitrogens with zero attached hydrogens (tertiary/aromatic N) is 1. The summed E-state index contributed by atoms with van der Waals surface area (Å²) < 4.78 is 5.47. The average molecular weight is 282 g/mol. The van der Waals surface area contributed by atoms with Crippen molar-refractivity contribution in [1.82, 2.24) is 5.32 Å². The lowest BCUT2D eigenvalue weighted by Gasteiger charge is -2.13. The van der Waals surface area contributed by atoms with E-state index in [0.717, 1.165) is 6.54 Å². The molecule has 0 bridgehead atoms. The zero-order valence-electron chi connectivity index (χ0n) is 11.7. The van der Waals surface area contributed by atoms with E-state index < -0.39 is 6.10 Å². The fourth-order valence-corrected chi connectivity index (χ4v) is 1.86. The van der Waals surface area contributed by atoms with E-state index >= 15 is 0 Å².